The molecule has 1 unspecified atom stereocenters. The van der Waals surface area contributed by atoms with Gasteiger partial charge in [-0.25, -0.2) is 0 Å². The summed E-state index contributed by atoms with van der Waals surface area (Å²) in [5.41, 5.74) is 1.15. The van der Waals surface area contributed by atoms with Crippen molar-refractivity contribution in [2.75, 3.05) is 27.3 Å². The molecule has 1 N–H and O–H groups in total. The molecule has 1 fully saturated rings. The Hall–Kier alpha value is -2.05. The average Bonchev–Trinajstić information content (AvgIpc) is 3.26. The van der Waals surface area contributed by atoms with Gasteiger partial charge in [0.15, 0.2) is 0 Å². The summed E-state index contributed by atoms with van der Waals surface area (Å²) < 4.78 is 10.6. The molecule has 1 saturated heterocycles. The number of rotatable bonds is 6. The lowest BCUT2D eigenvalue weighted by Crippen LogP contribution is -2.36. The fourth-order valence-electron chi connectivity index (χ4n) is 2.97. The maximum atomic E-state index is 12.1. The molecular formula is C18H22N2O3S. The predicted molar refractivity (Wildman–Crippen MR) is 95.0 cm³/mol. The van der Waals surface area contributed by atoms with Gasteiger partial charge in [0.25, 0.3) is 5.91 Å². The Morgan fingerprint density at radius 3 is 2.67 bits per heavy atom. The van der Waals surface area contributed by atoms with Crippen molar-refractivity contribution in [2.45, 2.75) is 19.0 Å². The zero-order valence-electron chi connectivity index (χ0n) is 14.0. The van der Waals surface area contributed by atoms with Crippen molar-refractivity contribution in [3.63, 3.8) is 0 Å². The van der Waals surface area contributed by atoms with E-state index in [2.05, 4.69) is 10.2 Å². The van der Waals surface area contributed by atoms with Crippen LogP contribution in [0, 0.1) is 0 Å². The summed E-state index contributed by atoms with van der Waals surface area (Å²) in [5.74, 6) is 1.62. The van der Waals surface area contributed by atoms with E-state index < -0.39 is 0 Å². The largest absolute Gasteiger partial charge is 0.497 e. The zero-order valence-corrected chi connectivity index (χ0v) is 14.8. The van der Waals surface area contributed by atoms with Crippen LogP contribution >= 0.6 is 11.3 Å². The maximum Gasteiger partial charge on any atom is 0.261 e. The molecule has 128 valence electrons. The summed E-state index contributed by atoms with van der Waals surface area (Å²) in [4.78, 5) is 15.3. The Morgan fingerprint density at radius 1 is 1.29 bits per heavy atom. The van der Waals surface area contributed by atoms with Crippen LogP contribution in [0.2, 0.25) is 0 Å². The van der Waals surface area contributed by atoms with Crippen molar-refractivity contribution in [2.24, 2.45) is 0 Å². The van der Waals surface area contributed by atoms with Crippen LogP contribution in [-0.4, -0.2) is 44.2 Å². The van der Waals surface area contributed by atoms with Crippen LogP contribution in [0.1, 0.15) is 21.7 Å². The van der Waals surface area contributed by atoms with E-state index in [0.29, 0.717) is 0 Å². The first-order valence-electron chi connectivity index (χ1n) is 7.96. The first-order valence-corrected chi connectivity index (χ1v) is 8.84. The predicted octanol–water partition coefficient (Wildman–Crippen LogP) is 2.77. The van der Waals surface area contributed by atoms with Crippen LogP contribution in [0.25, 0.3) is 0 Å². The summed E-state index contributed by atoms with van der Waals surface area (Å²) in [5, 5.41) is 5.05. The Labute approximate surface area is 146 Å². The molecule has 0 spiro atoms. The normalized spacial score (nSPS) is 17.7. The molecule has 5 nitrogen and oxygen atoms in total. The second kappa shape index (κ2) is 7.68. The SMILES string of the molecule is COc1cc(CN2CCC(NC(=O)c3cccs3)C2)cc(OC)c1. The van der Waals surface area contributed by atoms with Gasteiger partial charge in [-0.1, -0.05) is 6.07 Å². The van der Waals surface area contributed by atoms with Gasteiger partial charge in [-0.2, -0.15) is 0 Å². The van der Waals surface area contributed by atoms with E-state index in [4.69, 9.17) is 9.47 Å². The van der Waals surface area contributed by atoms with Crippen molar-refractivity contribution in [1.29, 1.82) is 0 Å². The van der Waals surface area contributed by atoms with Crippen molar-refractivity contribution in [3.05, 3.63) is 46.2 Å². The van der Waals surface area contributed by atoms with Crippen molar-refractivity contribution in [3.8, 4) is 11.5 Å². The van der Waals surface area contributed by atoms with E-state index in [-0.39, 0.29) is 11.9 Å². The number of amides is 1. The van der Waals surface area contributed by atoms with Gasteiger partial charge in [0.2, 0.25) is 0 Å². The minimum Gasteiger partial charge on any atom is -0.497 e. The summed E-state index contributed by atoms with van der Waals surface area (Å²) in [6.45, 7) is 2.64. The molecule has 0 saturated carbocycles. The fourth-order valence-corrected chi connectivity index (χ4v) is 3.60. The number of methoxy groups -OCH3 is 2. The molecule has 0 aliphatic carbocycles. The summed E-state index contributed by atoms with van der Waals surface area (Å²) in [6.07, 6.45) is 0.970. The molecule has 3 rings (SSSR count). The summed E-state index contributed by atoms with van der Waals surface area (Å²) >= 11 is 1.47. The minimum atomic E-state index is 0.0277. The molecule has 1 aromatic heterocycles. The quantitative estimate of drug-likeness (QED) is 0.874. The molecule has 2 heterocycles. The molecule has 6 heteroatoms. The molecule has 1 aromatic carbocycles. The summed E-state index contributed by atoms with van der Waals surface area (Å²) in [6, 6.07) is 9.89. The lowest BCUT2D eigenvalue weighted by Gasteiger charge is -2.17. The number of ether oxygens (including phenoxy) is 2. The number of nitrogens with zero attached hydrogens (tertiary/aromatic N) is 1. The highest BCUT2D eigenvalue weighted by Crippen LogP contribution is 2.24. The van der Waals surface area contributed by atoms with E-state index in [9.17, 15) is 4.79 Å². The van der Waals surface area contributed by atoms with E-state index >= 15 is 0 Å². The van der Waals surface area contributed by atoms with Gasteiger partial charge >= 0.3 is 0 Å². The van der Waals surface area contributed by atoms with Gasteiger partial charge in [-0.3, -0.25) is 9.69 Å². The highest BCUT2D eigenvalue weighted by molar-refractivity contribution is 7.12. The number of likely N-dealkylation sites (tertiary alicyclic amines) is 1. The Kier molecular flexibility index (Phi) is 5.37. The van der Waals surface area contributed by atoms with Crippen LogP contribution in [0.4, 0.5) is 0 Å². The molecule has 1 atom stereocenters. The van der Waals surface area contributed by atoms with Crippen LogP contribution in [0.5, 0.6) is 11.5 Å². The third-order valence-corrected chi connectivity index (χ3v) is 5.04. The van der Waals surface area contributed by atoms with E-state index in [1.54, 1.807) is 14.2 Å². The molecule has 1 aliphatic rings. The molecule has 24 heavy (non-hydrogen) atoms. The Morgan fingerprint density at radius 2 is 2.04 bits per heavy atom. The second-order valence-corrected chi connectivity index (χ2v) is 6.84. The van der Waals surface area contributed by atoms with Gasteiger partial charge in [-0.15, -0.1) is 11.3 Å². The minimum absolute atomic E-state index is 0.0277. The van der Waals surface area contributed by atoms with Crippen molar-refractivity contribution < 1.29 is 14.3 Å². The number of benzene rings is 1. The number of nitrogens with one attached hydrogen (secondary N) is 1. The van der Waals surface area contributed by atoms with Crippen LogP contribution in [0.15, 0.2) is 35.7 Å². The lowest BCUT2D eigenvalue weighted by atomic mass is 10.2. The molecule has 0 bridgehead atoms. The monoisotopic (exact) mass is 346 g/mol. The second-order valence-electron chi connectivity index (χ2n) is 5.89. The van der Waals surface area contributed by atoms with E-state index in [1.807, 2.05) is 35.7 Å². The standard InChI is InChI=1S/C18H22N2O3S/c1-22-15-8-13(9-16(10-15)23-2)11-20-6-5-14(12-20)19-18(21)17-4-3-7-24-17/h3-4,7-10,14H,5-6,11-12H2,1-2H3,(H,19,21). The fraction of sp³-hybridized carbons (Fsp3) is 0.389. The van der Waals surface area contributed by atoms with Gasteiger partial charge in [0.1, 0.15) is 11.5 Å². The average molecular weight is 346 g/mol. The van der Waals surface area contributed by atoms with E-state index in [0.717, 1.165) is 48.0 Å². The third kappa shape index (κ3) is 4.07. The molecule has 0 radical (unpaired) electrons. The van der Waals surface area contributed by atoms with Crippen LogP contribution < -0.4 is 14.8 Å². The van der Waals surface area contributed by atoms with Gasteiger partial charge in [0.05, 0.1) is 19.1 Å². The van der Waals surface area contributed by atoms with E-state index in [1.165, 1.54) is 11.3 Å². The topological polar surface area (TPSA) is 50.8 Å². The van der Waals surface area contributed by atoms with Crippen molar-refractivity contribution in [1.82, 2.24) is 10.2 Å². The maximum absolute atomic E-state index is 12.1. The first kappa shape index (κ1) is 16.8. The van der Waals surface area contributed by atoms with Crippen LogP contribution in [0.3, 0.4) is 0 Å². The molecular weight excluding hydrogens is 324 g/mol. The number of thiophene rings is 1. The van der Waals surface area contributed by atoms with Crippen molar-refractivity contribution >= 4 is 17.2 Å². The number of hydrogen-bond acceptors (Lipinski definition) is 5. The first-order chi connectivity index (χ1) is 11.7. The molecule has 1 aliphatic heterocycles. The number of carbonyl (C=O) groups excluding carboxylic acids is 1. The smallest absolute Gasteiger partial charge is 0.261 e. The van der Waals surface area contributed by atoms with Gasteiger partial charge in [-0.05, 0) is 35.6 Å². The highest BCUT2D eigenvalue weighted by Gasteiger charge is 2.24. The number of hydrogen-bond donors (Lipinski definition) is 1. The Balaban J connectivity index is 1.57. The van der Waals surface area contributed by atoms with Gasteiger partial charge in [0, 0.05) is 31.7 Å². The highest BCUT2D eigenvalue weighted by atomic mass is 32.1. The zero-order chi connectivity index (χ0) is 16.9. The molecule has 2 aromatic rings. The van der Waals surface area contributed by atoms with Crippen LogP contribution in [-0.2, 0) is 6.54 Å². The third-order valence-electron chi connectivity index (χ3n) is 4.17. The Bertz CT molecular complexity index is 665. The number of carbonyl (C=O) groups is 1. The molecule has 1 amide bonds. The van der Waals surface area contributed by atoms with Gasteiger partial charge < -0.3 is 14.8 Å². The lowest BCUT2D eigenvalue weighted by molar-refractivity contribution is 0.0942. The summed E-state index contributed by atoms with van der Waals surface area (Å²) in [7, 11) is 3.31.